The zero-order valence-electron chi connectivity index (χ0n) is 12.3. The Balaban J connectivity index is 1.77. The molecule has 0 aliphatic carbocycles. The lowest BCUT2D eigenvalue weighted by Gasteiger charge is -2.34. The molecule has 0 bridgehead atoms. The third-order valence-electron chi connectivity index (χ3n) is 4.67. The summed E-state index contributed by atoms with van der Waals surface area (Å²) >= 11 is 0. The van der Waals surface area contributed by atoms with E-state index in [4.69, 9.17) is 4.52 Å². The monoisotopic (exact) mass is 277 g/mol. The van der Waals surface area contributed by atoms with E-state index in [9.17, 15) is 4.79 Å². The molecule has 20 heavy (non-hydrogen) atoms. The van der Waals surface area contributed by atoms with Crippen LogP contribution >= 0.6 is 0 Å². The van der Waals surface area contributed by atoms with E-state index in [0.717, 1.165) is 25.9 Å². The van der Waals surface area contributed by atoms with Gasteiger partial charge in [0.25, 0.3) is 5.91 Å². The van der Waals surface area contributed by atoms with Crippen molar-refractivity contribution in [2.24, 2.45) is 0 Å². The highest BCUT2D eigenvalue weighted by Gasteiger charge is 2.39. The van der Waals surface area contributed by atoms with Gasteiger partial charge in [-0.15, -0.1) is 0 Å². The molecular weight excluding hydrogens is 254 g/mol. The quantitative estimate of drug-likeness (QED) is 0.848. The number of nitrogens with zero attached hydrogens (tertiary/aromatic N) is 3. The minimum Gasteiger partial charge on any atom is -0.361 e. The van der Waals surface area contributed by atoms with Crippen LogP contribution in [0.5, 0.6) is 0 Å². The predicted octanol–water partition coefficient (Wildman–Crippen LogP) is 2.07. The van der Waals surface area contributed by atoms with Gasteiger partial charge in [-0.25, -0.2) is 0 Å². The molecule has 2 saturated heterocycles. The van der Waals surface area contributed by atoms with Crippen molar-refractivity contribution in [3.8, 4) is 0 Å². The van der Waals surface area contributed by atoms with Crippen molar-refractivity contribution in [1.82, 2.24) is 15.0 Å². The van der Waals surface area contributed by atoms with E-state index in [0.29, 0.717) is 23.5 Å². The summed E-state index contributed by atoms with van der Waals surface area (Å²) in [6, 6.07) is 2.62. The highest BCUT2D eigenvalue weighted by atomic mass is 16.5. The van der Waals surface area contributed by atoms with Crippen molar-refractivity contribution in [1.29, 1.82) is 0 Å². The second-order valence-corrected chi connectivity index (χ2v) is 5.87. The first-order valence-electron chi connectivity index (χ1n) is 7.69. The summed E-state index contributed by atoms with van der Waals surface area (Å²) in [6.07, 6.45) is 4.67. The second-order valence-electron chi connectivity index (χ2n) is 5.87. The lowest BCUT2D eigenvalue weighted by Crippen LogP contribution is -2.48. The van der Waals surface area contributed by atoms with E-state index in [1.165, 1.54) is 19.4 Å². The highest BCUT2D eigenvalue weighted by Crippen LogP contribution is 2.30. The molecule has 1 aromatic rings. The topological polar surface area (TPSA) is 49.6 Å². The van der Waals surface area contributed by atoms with Gasteiger partial charge in [-0.2, -0.15) is 0 Å². The van der Waals surface area contributed by atoms with Crippen molar-refractivity contribution in [2.45, 2.75) is 51.6 Å². The summed E-state index contributed by atoms with van der Waals surface area (Å²) < 4.78 is 5.04. The summed E-state index contributed by atoms with van der Waals surface area (Å²) in [5.74, 6) is 0.729. The molecule has 1 aromatic heterocycles. The molecule has 2 atom stereocenters. The van der Waals surface area contributed by atoms with Gasteiger partial charge in [-0.3, -0.25) is 9.69 Å². The van der Waals surface area contributed by atoms with Crippen LogP contribution in [0, 0.1) is 6.92 Å². The Labute approximate surface area is 119 Å². The Morgan fingerprint density at radius 1 is 1.35 bits per heavy atom. The van der Waals surface area contributed by atoms with Crippen LogP contribution in [0.2, 0.25) is 0 Å². The first-order valence-corrected chi connectivity index (χ1v) is 7.69. The number of aryl methyl sites for hydroxylation is 1. The fourth-order valence-electron chi connectivity index (χ4n) is 3.74. The average molecular weight is 277 g/mol. The lowest BCUT2D eigenvalue weighted by atomic mass is 10.0. The van der Waals surface area contributed by atoms with Crippen LogP contribution in [-0.4, -0.2) is 52.6 Å². The molecule has 0 radical (unpaired) electrons. The van der Waals surface area contributed by atoms with Crippen molar-refractivity contribution >= 4 is 5.91 Å². The predicted molar refractivity (Wildman–Crippen MR) is 75.6 cm³/mol. The Bertz CT molecular complexity index is 485. The fraction of sp³-hybridized carbons (Fsp3) is 0.733. The number of hydrogen-bond donors (Lipinski definition) is 0. The highest BCUT2D eigenvalue weighted by molar-refractivity contribution is 5.92. The summed E-state index contributed by atoms with van der Waals surface area (Å²) in [5.41, 5.74) is 0.454. The van der Waals surface area contributed by atoms with E-state index in [1.807, 2.05) is 11.8 Å². The van der Waals surface area contributed by atoms with Gasteiger partial charge in [0, 0.05) is 24.7 Å². The van der Waals surface area contributed by atoms with Crippen LogP contribution in [0.1, 0.15) is 48.9 Å². The Hall–Kier alpha value is -1.36. The van der Waals surface area contributed by atoms with E-state index >= 15 is 0 Å². The minimum atomic E-state index is 0.0345. The second kappa shape index (κ2) is 5.56. The normalized spacial score (nSPS) is 27.4. The molecule has 5 heteroatoms. The van der Waals surface area contributed by atoms with Crippen LogP contribution in [0.3, 0.4) is 0 Å². The molecule has 2 fully saturated rings. The Kier molecular flexibility index (Phi) is 3.78. The molecule has 0 unspecified atom stereocenters. The number of carbonyl (C=O) groups excluding carboxylic acids is 1. The van der Waals surface area contributed by atoms with Gasteiger partial charge in [0.1, 0.15) is 5.76 Å². The van der Waals surface area contributed by atoms with Crippen LogP contribution < -0.4 is 0 Å². The van der Waals surface area contributed by atoms with Crippen LogP contribution in [0.25, 0.3) is 0 Å². The van der Waals surface area contributed by atoms with Gasteiger partial charge in [0.15, 0.2) is 5.69 Å². The van der Waals surface area contributed by atoms with Gasteiger partial charge in [0.2, 0.25) is 0 Å². The zero-order chi connectivity index (χ0) is 14.1. The van der Waals surface area contributed by atoms with Gasteiger partial charge in [-0.05, 0) is 45.7 Å². The summed E-state index contributed by atoms with van der Waals surface area (Å²) in [5, 5.41) is 3.88. The molecule has 0 spiro atoms. The molecule has 3 heterocycles. The molecule has 3 rings (SSSR count). The van der Waals surface area contributed by atoms with Crippen LogP contribution in [0.4, 0.5) is 0 Å². The van der Waals surface area contributed by atoms with Crippen molar-refractivity contribution < 1.29 is 9.32 Å². The number of carbonyl (C=O) groups is 1. The Morgan fingerprint density at radius 2 is 2.10 bits per heavy atom. The van der Waals surface area contributed by atoms with Gasteiger partial charge in [-0.1, -0.05) is 12.1 Å². The minimum absolute atomic E-state index is 0.0345. The third kappa shape index (κ3) is 2.35. The van der Waals surface area contributed by atoms with E-state index in [-0.39, 0.29) is 5.91 Å². The summed E-state index contributed by atoms with van der Waals surface area (Å²) in [7, 11) is 0. The molecule has 0 aromatic carbocycles. The average Bonchev–Trinajstić information content (AvgIpc) is 3.16. The molecule has 0 N–H and O–H groups in total. The number of likely N-dealkylation sites (N-methyl/N-ethyl adjacent to an activating group) is 1. The standard InChI is InChI=1S/C15H23N3O2/c1-3-17-8-4-6-13(17)14-7-5-9-18(14)15(19)12-10-11(2)20-16-12/h10,13-14H,3-9H2,1-2H3/t13-,14-/m1/s1. The van der Waals surface area contributed by atoms with Crippen molar-refractivity contribution in [2.75, 3.05) is 19.6 Å². The van der Waals surface area contributed by atoms with Crippen molar-refractivity contribution in [3.63, 3.8) is 0 Å². The molecular formula is C15H23N3O2. The number of rotatable bonds is 3. The van der Waals surface area contributed by atoms with Gasteiger partial charge in [0.05, 0.1) is 0 Å². The maximum atomic E-state index is 12.6. The number of likely N-dealkylation sites (tertiary alicyclic amines) is 2. The SMILES string of the molecule is CCN1CCC[C@@H]1[C@H]1CCCN1C(=O)c1cc(C)on1. The number of aromatic nitrogens is 1. The van der Waals surface area contributed by atoms with E-state index in [1.54, 1.807) is 6.07 Å². The first-order chi connectivity index (χ1) is 9.70. The smallest absolute Gasteiger partial charge is 0.276 e. The van der Waals surface area contributed by atoms with Gasteiger partial charge >= 0.3 is 0 Å². The zero-order valence-corrected chi connectivity index (χ0v) is 12.3. The lowest BCUT2D eigenvalue weighted by molar-refractivity contribution is 0.0640. The Morgan fingerprint density at radius 3 is 2.80 bits per heavy atom. The first kappa shape index (κ1) is 13.6. The van der Waals surface area contributed by atoms with Gasteiger partial charge < -0.3 is 9.42 Å². The largest absolute Gasteiger partial charge is 0.361 e. The number of amides is 1. The van der Waals surface area contributed by atoms with Crippen molar-refractivity contribution in [3.05, 3.63) is 17.5 Å². The molecule has 2 aliphatic rings. The summed E-state index contributed by atoms with van der Waals surface area (Å²) in [6.45, 7) is 7.12. The summed E-state index contributed by atoms with van der Waals surface area (Å²) in [4.78, 5) is 17.1. The fourth-order valence-corrected chi connectivity index (χ4v) is 3.74. The maximum absolute atomic E-state index is 12.6. The van der Waals surface area contributed by atoms with E-state index in [2.05, 4.69) is 17.0 Å². The molecule has 1 amide bonds. The third-order valence-corrected chi connectivity index (χ3v) is 4.67. The molecule has 110 valence electrons. The van der Waals surface area contributed by atoms with Crippen LogP contribution in [-0.2, 0) is 0 Å². The van der Waals surface area contributed by atoms with E-state index < -0.39 is 0 Å². The molecule has 5 nitrogen and oxygen atoms in total. The van der Waals surface area contributed by atoms with Crippen LogP contribution in [0.15, 0.2) is 10.6 Å². The maximum Gasteiger partial charge on any atom is 0.276 e. The molecule has 0 saturated carbocycles. The number of hydrogen-bond acceptors (Lipinski definition) is 4. The molecule has 2 aliphatic heterocycles.